The van der Waals surface area contributed by atoms with Gasteiger partial charge in [0.25, 0.3) is 5.91 Å². The standard InChI is InChI=1S/C24H17N5O/c30-24(19-12-7-13-25-14-19)28-22-23-27-21(18-10-5-2-6-11-18)16-29(23)15-20(26-22)17-8-3-1-4-9-17/h1-16H,(H,26,28,30). The highest BCUT2D eigenvalue weighted by molar-refractivity contribution is 6.05. The van der Waals surface area contributed by atoms with Crippen molar-refractivity contribution in [2.75, 3.05) is 5.32 Å². The van der Waals surface area contributed by atoms with Gasteiger partial charge in [-0.3, -0.25) is 9.78 Å². The smallest absolute Gasteiger partial charge is 0.258 e. The van der Waals surface area contributed by atoms with E-state index in [4.69, 9.17) is 9.97 Å². The van der Waals surface area contributed by atoms with Crippen molar-refractivity contribution in [2.45, 2.75) is 0 Å². The summed E-state index contributed by atoms with van der Waals surface area (Å²) in [4.78, 5) is 26.2. The van der Waals surface area contributed by atoms with Crippen LogP contribution in [0.5, 0.6) is 0 Å². The quantitative estimate of drug-likeness (QED) is 0.482. The van der Waals surface area contributed by atoms with Crippen molar-refractivity contribution in [3.63, 3.8) is 0 Å². The molecule has 0 saturated carbocycles. The molecule has 0 aliphatic rings. The van der Waals surface area contributed by atoms with Gasteiger partial charge in [0.05, 0.1) is 17.0 Å². The zero-order valence-corrected chi connectivity index (χ0v) is 15.9. The Labute approximate surface area is 172 Å². The number of fused-ring (bicyclic) bond motifs is 1. The molecule has 0 unspecified atom stereocenters. The van der Waals surface area contributed by atoms with Gasteiger partial charge in [-0.15, -0.1) is 0 Å². The van der Waals surface area contributed by atoms with Crippen molar-refractivity contribution in [3.8, 4) is 22.5 Å². The van der Waals surface area contributed by atoms with Gasteiger partial charge >= 0.3 is 0 Å². The Hall–Kier alpha value is -4.32. The van der Waals surface area contributed by atoms with E-state index in [0.717, 1.165) is 22.5 Å². The molecule has 0 aliphatic carbocycles. The van der Waals surface area contributed by atoms with Gasteiger partial charge in [-0.2, -0.15) is 0 Å². The lowest BCUT2D eigenvalue weighted by molar-refractivity contribution is 0.102. The van der Waals surface area contributed by atoms with Crippen LogP contribution in [0.1, 0.15) is 10.4 Å². The van der Waals surface area contributed by atoms with E-state index in [1.807, 2.05) is 77.5 Å². The molecular weight excluding hydrogens is 374 g/mol. The largest absolute Gasteiger partial charge is 0.303 e. The van der Waals surface area contributed by atoms with Gasteiger partial charge in [-0.1, -0.05) is 60.7 Å². The fourth-order valence-electron chi connectivity index (χ4n) is 3.25. The Bertz CT molecular complexity index is 1320. The first-order valence-corrected chi connectivity index (χ1v) is 9.50. The summed E-state index contributed by atoms with van der Waals surface area (Å²) in [6, 6.07) is 23.2. The minimum absolute atomic E-state index is 0.285. The molecule has 0 radical (unpaired) electrons. The number of hydrogen-bond donors (Lipinski definition) is 1. The molecule has 6 heteroatoms. The summed E-state index contributed by atoms with van der Waals surface area (Å²) in [6.07, 6.45) is 7.01. The Morgan fingerprint density at radius 1 is 0.767 bits per heavy atom. The number of imidazole rings is 1. The van der Waals surface area contributed by atoms with Gasteiger partial charge < -0.3 is 9.72 Å². The molecule has 0 spiro atoms. The van der Waals surface area contributed by atoms with Gasteiger partial charge in [-0.25, -0.2) is 9.97 Å². The van der Waals surface area contributed by atoms with E-state index >= 15 is 0 Å². The van der Waals surface area contributed by atoms with E-state index in [-0.39, 0.29) is 5.91 Å². The molecule has 144 valence electrons. The highest BCUT2D eigenvalue weighted by Gasteiger charge is 2.15. The van der Waals surface area contributed by atoms with Gasteiger partial charge in [0.2, 0.25) is 0 Å². The third-order valence-corrected chi connectivity index (χ3v) is 4.73. The zero-order valence-electron chi connectivity index (χ0n) is 15.9. The van der Waals surface area contributed by atoms with E-state index in [0.29, 0.717) is 17.0 Å². The van der Waals surface area contributed by atoms with Crippen LogP contribution in [0.3, 0.4) is 0 Å². The number of hydrogen-bond acceptors (Lipinski definition) is 4. The molecule has 6 nitrogen and oxygen atoms in total. The first-order valence-electron chi connectivity index (χ1n) is 9.50. The summed E-state index contributed by atoms with van der Waals surface area (Å²) in [6.45, 7) is 0. The topological polar surface area (TPSA) is 72.2 Å². The number of aromatic nitrogens is 4. The van der Waals surface area contributed by atoms with E-state index in [1.165, 1.54) is 6.20 Å². The van der Waals surface area contributed by atoms with E-state index < -0.39 is 0 Å². The predicted molar refractivity (Wildman–Crippen MR) is 116 cm³/mol. The van der Waals surface area contributed by atoms with Crippen LogP contribution in [-0.2, 0) is 0 Å². The summed E-state index contributed by atoms with van der Waals surface area (Å²) in [5.41, 5.74) is 4.52. The number of pyridine rings is 1. The fraction of sp³-hybridized carbons (Fsp3) is 0. The minimum Gasteiger partial charge on any atom is -0.303 e. The van der Waals surface area contributed by atoms with E-state index in [1.54, 1.807) is 18.3 Å². The Morgan fingerprint density at radius 3 is 2.00 bits per heavy atom. The van der Waals surface area contributed by atoms with E-state index in [2.05, 4.69) is 10.3 Å². The third-order valence-electron chi connectivity index (χ3n) is 4.73. The highest BCUT2D eigenvalue weighted by atomic mass is 16.1. The van der Waals surface area contributed by atoms with E-state index in [9.17, 15) is 4.79 Å². The predicted octanol–water partition coefficient (Wildman–Crippen LogP) is 4.71. The Kier molecular flexibility index (Phi) is 4.50. The lowest BCUT2D eigenvalue weighted by Gasteiger charge is -2.09. The summed E-state index contributed by atoms with van der Waals surface area (Å²) >= 11 is 0. The molecule has 3 aromatic heterocycles. The van der Waals surface area contributed by atoms with Crippen molar-refractivity contribution >= 4 is 17.4 Å². The summed E-state index contributed by atoms with van der Waals surface area (Å²) < 4.78 is 1.90. The van der Waals surface area contributed by atoms with Gasteiger partial charge in [0, 0.05) is 35.9 Å². The summed E-state index contributed by atoms with van der Waals surface area (Å²) in [5.74, 6) is 0.111. The first-order chi connectivity index (χ1) is 14.8. The zero-order chi connectivity index (χ0) is 20.3. The van der Waals surface area contributed by atoms with Crippen molar-refractivity contribution in [3.05, 3.63) is 103 Å². The minimum atomic E-state index is -0.285. The number of benzene rings is 2. The van der Waals surface area contributed by atoms with Crippen LogP contribution in [0.25, 0.3) is 28.2 Å². The number of carbonyl (C=O) groups excluding carboxylic acids is 1. The molecule has 3 heterocycles. The number of anilines is 1. The van der Waals surface area contributed by atoms with Crippen molar-refractivity contribution in [1.82, 2.24) is 19.4 Å². The molecule has 0 saturated heterocycles. The molecular formula is C24H17N5O. The molecule has 5 aromatic rings. The van der Waals surface area contributed by atoms with Crippen LogP contribution in [0.4, 0.5) is 5.82 Å². The molecule has 1 N–H and O–H groups in total. The van der Waals surface area contributed by atoms with Crippen LogP contribution < -0.4 is 5.32 Å². The third kappa shape index (κ3) is 3.42. The molecule has 0 aliphatic heterocycles. The van der Waals surface area contributed by atoms with Crippen LogP contribution in [0.15, 0.2) is 97.6 Å². The fourth-order valence-corrected chi connectivity index (χ4v) is 3.25. The second kappa shape index (κ2) is 7.60. The normalized spacial score (nSPS) is 10.8. The maximum Gasteiger partial charge on any atom is 0.258 e. The molecule has 30 heavy (non-hydrogen) atoms. The monoisotopic (exact) mass is 391 g/mol. The molecule has 5 rings (SSSR count). The average Bonchev–Trinajstić information content (AvgIpc) is 3.25. The van der Waals surface area contributed by atoms with Gasteiger partial charge in [-0.05, 0) is 12.1 Å². The van der Waals surface area contributed by atoms with Crippen molar-refractivity contribution < 1.29 is 4.79 Å². The van der Waals surface area contributed by atoms with Crippen LogP contribution in [0.2, 0.25) is 0 Å². The van der Waals surface area contributed by atoms with Crippen molar-refractivity contribution in [2.24, 2.45) is 0 Å². The first kappa shape index (κ1) is 17.8. The Balaban J connectivity index is 1.64. The maximum atomic E-state index is 12.8. The van der Waals surface area contributed by atoms with Crippen molar-refractivity contribution in [1.29, 1.82) is 0 Å². The number of nitrogens with zero attached hydrogens (tertiary/aromatic N) is 4. The number of carbonyl (C=O) groups is 1. The number of nitrogens with one attached hydrogen (secondary N) is 1. The SMILES string of the molecule is O=C(Nc1nc(-c2ccccc2)cn2cc(-c3ccccc3)nc12)c1cccnc1. The van der Waals surface area contributed by atoms with Crippen LogP contribution >= 0.6 is 0 Å². The van der Waals surface area contributed by atoms with Crippen LogP contribution in [-0.4, -0.2) is 25.3 Å². The number of rotatable bonds is 4. The van der Waals surface area contributed by atoms with Gasteiger partial charge in [0.1, 0.15) is 0 Å². The second-order valence-corrected chi connectivity index (χ2v) is 6.76. The van der Waals surface area contributed by atoms with Crippen LogP contribution in [0, 0.1) is 0 Å². The molecule has 2 aromatic carbocycles. The average molecular weight is 391 g/mol. The lowest BCUT2D eigenvalue weighted by atomic mass is 10.1. The van der Waals surface area contributed by atoms with Gasteiger partial charge in [0.15, 0.2) is 11.5 Å². The molecule has 0 bridgehead atoms. The highest BCUT2D eigenvalue weighted by Crippen LogP contribution is 2.26. The number of amides is 1. The lowest BCUT2D eigenvalue weighted by Crippen LogP contribution is -2.14. The summed E-state index contributed by atoms with van der Waals surface area (Å²) in [7, 11) is 0. The molecule has 0 atom stereocenters. The molecule has 1 amide bonds. The maximum absolute atomic E-state index is 12.8. The summed E-state index contributed by atoms with van der Waals surface area (Å²) in [5, 5.41) is 2.90. The molecule has 0 fully saturated rings. The Morgan fingerprint density at radius 2 is 1.40 bits per heavy atom. The second-order valence-electron chi connectivity index (χ2n) is 6.76.